The Kier molecular flexibility index (Phi) is 10.1. The summed E-state index contributed by atoms with van der Waals surface area (Å²) in [6.07, 6.45) is 2.55. The third-order valence-corrected chi connectivity index (χ3v) is 7.32. The fraction of sp³-hybridized carbons (Fsp3) is 0.375. The molecule has 200 valence electrons. The Labute approximate surface area is 226 Å². The van der Waals surface area contributed by atoms with Gasteiger partial charge in [-0.3, -0.25) is 4.79 Å². The second-order valence-electron chi connectivity index (χ2n) is 9.88. The Morgan fingerprint density at radius 2 is 1.47 bits per heavy atom. The minimum absolute atomic E-state index is 0.0712. The van der Waals surface area contributed by atoms with Crippen molar-refractivity contribution in [1.29, 1.82) is 0 Å². The first-order chi connectivity index (χ1) is 18.6. The van der Waals surface area contributed by atoms with Gasteiger partial charge in [0.25, 0.3) is 0 Å². The maximum absolute atomic E-state index is 14.2. The van der Waals surface area contributed by atoms with Crippen LogP contribution in [0.15, 0.2) is 91.0 Å². The molecule has 2 atom stereocenters. The summed E-state index contributed by atoms with van der Waals surface area (Å²) >= 11 is 0. The number of carbonyl (C=O) groups excluding carboxylic acids is 2. The molecule has 0 aromatic heterocycles. The second-order valence-corrected chi connectivity index (χ2v) is 9.88. The van der Waals surface area contributed by atoms with Gasteiger partial charge < -0.3 is 19.3 Å². The molecule has 0 radical (unpaired) electrons. The zero-order valence-corrected chi connectivity index (χ0v) is 22.4. The number of esters is 1. The third kappa shape index (κ3) is 7.09. The van der Waals surface area contributed by atoms with E-state index in [9.17, 15) is 9.59 Å². The van der Waals surface area contributed by atoms with E-state index in [1.807, 2.05) is 66.7 Å². The van der Waals surface area contributed by atoms with Gasteiger partial charge in [0, 0.05) is 19.7 Å². The number of ether oxygens (including phenoxy) is 2. The summed E-state index contributed by atoms with van der Waals surface area (Å²) in [5.74, 6) is -0.930. The van der Waals surface area contributed by atoms with Crippen molar-refractivity contribution in [1.82, 2.24) is 9.80 Å². The quantitative estimate of drug-likeness (QED) is 0.262. The van der Waals surface area contributed by atoms with Crippen LogP contribution in [0, 0.1) is 0 Å². The number of aryl methyl sites for hydroxylation is 1. The molecule has 1 aliphatic heterocycles. The summed E-state index contributed by atoms with van der Waals surface area (Å²) < 4.78 is 10.6. The van der Waals surface area contributed by atoms with Crippen LogP contribution in [0.5, 0.6) is 0 Å². The van der Waals surface area contributed by atoms with Crippen molar-refractivity contribution in [2.45, 2.75) is 37.3 Å². The average Bonchev–Trinajstić information content (AvgIpc) is 3.41. The Hall–Kier alpha value is -3.48. The molecule has 38 heavy (non-hydrogen) atoms. The number of nitrogens with zero attached hydrogens (tertiary/aromatic N) is 2. The van der Waals surface area contributed by atoms with E-state index < -0.39 is 12.0 Å². The van der Waals surface area contributed by atoms with Gasteiger partial charge in [-0.2, -0.15) is 0 Å². The molecule has 0 N–H and O–H groups in total. The lowest BCUT2D eigenvalue weighted by molar-refractivity contribution is -0.154. The van der Waals surface area contributed by atoms with Crippen molar-refractivity contribution < 1.29 is 19.1 Å². The first kappa shape index (κ1) is 27.6. The number of likely N-dealkylation sites (tertiary alicyclic amines) is 1. The van der Waals surface area contributed by atoms with E-state index in [0.717, 1.165) is 30.5 Å². The molecule has 4 rings (SSSR count). The Morgan fingerprint density at radius 3 is 2.05 bits per heavy atom. The minimum atomic E-state index is -0.629. The van der Waals surface area contributed by atoms with Crippen LogP contribution in [-0.2, 0) is 25.5 Å². The molecule has 0 unspecified atom stereocenters. The number of carbonyl (C=O) groups is 2. The van der Waals surface area contributed by atoms with Gasteiger partial charge in [-0.25, -0.2) is 4.79 Å². The number of hydrogen-bond acceptors (Lipinski definition) is 5. The molecule has 6 heteroatoms. The summed E-state index contributed by atoms with van der Waals surface area (Å²) in [5, 5.41) is 0. The lowest BCUT2D eigenvalue weighted by Gasteiger charge is -2.29. The molecule has 1 aliphatic rings. The fourth-order valence-corrected chi connectivity index (χ4v) is 5.22. The average molecular weight is 515 g/mol. The van der Waals surface area contributed by atoms with Crippen LogP contribution in [0.2, 0.25) is 0 Å². The van der Waals surface area contributed by atoms with Crippen molar-refractivity contribution in [2.75, 3.05) is 40.5 Å². The molecule has 3 aromatic rings. The second kappa shape index (κ2) is 13.9. The molecule has 1 amide bonds. The molecule has 0 bridgehead atoms. The first-order valence-corrected chi connectivity index (χ1v) is 13.4. The Morgan fingerprint density at radius 1 is 0.895 bits per heavy atom. The van der Waals surface area contributed by atoms with E-state index >= 15 is 0 Å². The highest BCUT2D eigenvalue weighted by Gasteiger charge is 2.44. The van der Waals surface area contributed by atoms with Crippen molar-refractivity contribution in [3.05, 3.63) is 108 Å². The van der Waals surface area contributed by atoms with E-state index in [1.54, 1.807) is 12.0 Å². The number of benzene rings is 3. The van der Waals surface area contributed by atoms with Gasteiger partial charge in [0.15, 0.2) is 0 Å². The summed E-state index contributed by atoms with van der Waals surface area (Å²) in [4.78, 5) is 31.5. The number of likely N-dealkylation sites (N-methyl/N-ethyl adjacent to an activating group) is 1. The molecular formula is C32H38N2O4. The highest BCUT2D eigenvalue weighted by molar-refractivity contribution is 5.91. The van der Waals surface area contributed by atoms with Gasteiger partial charge in [-0.1, -0.05) is 91.0 Å². The number of methoxy groups -OCH3 is 1. The first-order valence-electron chi connectivity index (χ1n) is 13.4. The zero-order valence-electron chi connectivity index (χ0n) is 22.4. The van der Waals surface area contributed by atoms with Crippen LogP contribution in [0.3, 0.4) is 0 Å². The molecular weight excluding hydrogens is 476 g/mol. The van der Waals surface area contributed by atoms with Crippen molar-refractivity contribution in [3.63, 3.8) is 0 Å². The van der Waals surface area contributed by atoms with Gasteiger partial charge in [-0.15, -0.1) is 0 Å². The Balaban J connectivity index is 1.53. The predicted molar refractivity (Wildman–Crippen MR) is 149 cm³/mol. The van der Waals surface area contributed by atoms with Crippen LogP contribution in [-0.4, -0.2) is 74.2 Å². The standard InChI is InChI=1S/C32H38N2O4/c1-33(20-12-15-25-13-6-3-7-14-25)28-23-29(32(36)38-22-21-37-2)34(24-28)31(35)30(26-16-8-4-9-17-26)27-18-10-5-11-19-27/h3-11,13-14,16-19,28-30H,12,15,20-24H2,1-2H3/t28-,29-/m0/s1. The molecule has 0 aliphatic carbocycles. The largest absolute Gasteiger partial charge is 0.462 e. The lowest BCUT2D eigenvalue weighted by Crippen LogP contribution is -2.44. The molecule has 1 fully saturated rings. The van der Waals surface area contributed by atoms with Crippen molar-refractivity contribution >= 4 is 11.9 Å². The van der Waals surface area contributed by atoms with E-state index in [-0.39, 0.29) is 24.5 Å². The summed E-state index contributed by atoms with van der Waals surface area (Å²) in [7, 11) is 3.66. The van der Waals surface area contributed by atoms with Crippen LogP contribution >= 0.6 is 0 Å². The summed E-state index contributed by atoms with van der Waals surface area (Å²) in [5.41, 5.74) is 3.14. The number of hydrogen-bond donors (Lipinski definition) is 0. The van der Waals surface area contributed by atoms with Crippen molar-refractivity contribution in [2.24, 2.45) is 0 Å². The van der Waals surface area contributed by atoms with E-state index in [1.165, 1.54) is 5.56 Å². The molecule has 0 spiro atoms. The van der Waals surface area contributed by atoms with E-state index in [2.05, 4.69) is 36.2 Å². The molecule has 1 heterocycles. The van der Waals surface area contributed by atoms with E-state index in [4.69, 9.17) is 9.47 Å². The molecule has 6 nitrogen and oxygen atoms in total. The summed E-state index contributed by atoms with van der Waals surface area (Å²) in [6, 6.07) is 29.5. The van der Waals surface area contributed by atoms with Crippen LogP contribution in [0.4, 0.5) is 0 Å². The van der Waals surface area contributed by atoms with Crippen LogP contribution in [0.25, 0.3) is 0 Å². The normalized spacial score (nSPS) is 17.2. The zero-order chi connectivity index (χ0) is 26.7. The van der Waals surface area contributed by atoms with Gasteiger partial charge in [-0.05, 0) is 49.5 Å². The van der Waals surface area contributed by atoms with Crippen LogP contribution in [0.1, 0.15) is 35.4 Å². The van der Waals surface area contributed by atoms with Crippen molar-refractivity contribution in [3.8, 4) is 0 Å². The highest BCUT2D eigenvalue weighted by atomic mass is 16.6. The summed E-state index contributed by atoms with van der Waals surface area (Å²) in [6.45, 7) is 1.87. The SMILES string of the molecule is COCCOC(=O)[C@@H]1C[C@H](N(C)CCCc2ccccc2)CN1C(=O)C(c1ccccc1)c1ccccc1. The molecule has 1 saturated heterocycles. The highest BCUT2D eigenvalue weighted by Crippen LogP contribution is 2.32. The van der Waals surface area contributed by atoms with Gasteiger partial charge >= 0.3 is 5.97 Å². The third-order valence-electron chi connectivity index (χ3n) is 7.32. The lowest BCUT2D eigenvalue weighted by atomic mass is 9.90. The minimum Gasteiger partial charge on any atom is -0.462 e. The molecule has 3 aromatic carbocycles. The molecule has 0 saturated carbocycles. The number of rotatable bonds is 12. The van der Waals surface area contributed by atoms with Gasteiger partial charge in [0.1, 0.15) is 12.6 Å². The van der Waals surface area contributed by atoms with Gasteiger partial charge in [0.2, 0.25) is 5.91 Å². The van der Waals surface area contributed by atoms with E-state index in [0.29, 0.717) is 19.6 Å². The maximum Gasteiger partial charge on any atom is 0.328 e. The van der Waals surface area contributed by atoms with Crippen LogP contribution < -0.4 is 0 Å². The predicted octanol–water partition coefficient (Wildman–Crippen LogP) is 4.54. The van der Waals surface area contributed by atoms with Gasteiger partial charge in [0.05, 0.1) is 12.5 Å². The topological polar surface area (TPSA) is 59.1 Å². The maximum atomic E-state index is 14.2. The fourth-order valence-electron chi connectivity index (χ4n) is 5.22. The smallest absolute Gasteiger partial charge is 0.328 e. The monoisotopic (exact) mass is 514 g/mol. The Bertz CT molecular complexity index is 1100. The number of amides is 1.